The number of anilines is 1. The fourth-order valence-electron chi connectivity index (χ4n) is 1.35. The molecule has 18 heavy (non-hydrogen) atoms. The minimum absolute atomic E-state index is 0.155. The summed E-state index contributed by atoms with van der Waals surface area (Å²) in [6.45, 7) is 4.25. The number of nitrogens with one attached hydrogen (secondary N) is 2. The second-order valence-corrected chi connectivity index (χ2v) is 4.12. The Morgan fingerprint density at radius 1 is 1.39 bits per heavy atom. The third kappa shape index (κ3) is 4.55. The first-order chi connectivity index (χ1) is 8.52. The van der Waals surface area contributed by atoms with Gasteiger partial charge in [-0.25, -0.2) is 4.79 Å². The van der Waals surface area contributed by atoms with Crippen LogP contribution in [0.3, 0.4) is 0 Å². The van der Waals surface area contributed by atoms with E-state index in [1.165, 1.54) is 12.1 Å². The van der Waals surface area contributed by atoms with Crippen LogP contribution in [0.1, 0.15) is 30.6 Å². The number of carbonyl (C=O) groups is 2. The summed E-state index contributed by atoms with van der Waals surface area (Å²) in [5, 5.41) is 14.5. The average Bonchev–Trinajstić information content (AvgIpc) is 2.36. The molecule has 1 unspecified atom stereocenters. The van der Waals surface area contributed by atoms with Gasteiger partial charge >= 0.3 is 5.97 Å². The molecule has 0 fully saturated rings. The molecule has 0 aliphatic rings. The summed E-state index contributed by atoms with van der Waals surface area (Å²) in [6.07, 6.45) is 0.946. The van der Waals surface area contributed by atoms with E-state index in [4.69, 9.17) is 5.11 Å². The Balaban J connectivity index is 2.54. The Morgan fingerprint density at radius 2 is 2.11 bits per heavy atom. The van der Waals surface area contributed by atoms with Crippen LogP contribution < -0.4 is 10.6 Å². The van der Waals surface area contributed by atoms with E-state index in [0.717, 1.165) is 6.42 Å². The maximum atomic E-state index is 11.6. The summed E-state index contributed by atoms with van der Waals surface area (Å²) in [6, 6.07) is 6.45. The summed E-state index contributed by atoms with van der Waals surface area (Å²) in [4.78, 5) is 22.4. The fraction of sp³-hybridized carbons (Fsp3) is 0.385. The summed E-state index contributed by atoms with van der Waals surface area (Å²) in [7, 11) is 0. The van der Waals surface area contributed by atoms with Gasteiger partial charge in [-0.3, -0.25) is 4.79 Å². The highest BCUT2D eigenvalue weighted by Crippen LogP contribution is 2.10. The molecule has 0 saturated heterocycles. The summed E-state index contributed by atoms with van der Waals surface area (Å²) in [5.41, 5.74) is 0.647. The van der Waals surface area contributed by atoms with Crippen molar-refractivity contribution in [2.45, 2.75) is 26.3 Å². The van der Waals surface area contributed by atoms with Crippen molar-refractivity contribution in [2.24, 2.45) is 0 Å². The number of carboxylic acid groups (broad SMARTS) is 1. The van der Waals surface area contributed by atoms with Crippen molar-refractivity contribution >= 4 is 17.6 Å². The van der Waals surface area contributed by atoms with Crippen molar-refractivity contribution in [3.8, 4) is 0 Å². The highest BCUT2D eigenvalue weighted by Gasteiger charge is 2.07. The van der Waals surface area contributed by atoms with E-state index in [0.29, 0.717) is 5.69 Å². The lowest BCUT2D eigenvalue weighted by Gasteiger charge is -2.11. The molecular weight excluding hydrogens is 232 g/mol. The lowest BCUT2D eigenvalue weighted by molar-refractivity contribution is -0.115. The van der Waals surface area contributed by atoms with E-state index in [9.17, 15) is 9.59 Å². The van der Waals surface area contributed by atoms with Gasteiger partial charge in [-0.1, -0.05) is 13.0 Å². The number of amides is 1. The lowest BCUT2D eigenvalue weighted by Crippen LogP contribution is -2.33. The standard InChI is InChI=1S/C13H18N2O3/c1-3-9(2)14-8-12(16)15-11-6-4-5-10(7-11)13(17)18/h4-7,9,14H,3,8H2,1-2H3,(H,15,16)(H,17,18). The predicted octanol–water partition coefficient (Wildman–Crippen LogP) is 1.71. The zero-order valence-electron chi connectivity index (χ0n) is 10.6. The van der Waals surface area contributed by atoms with E-state index in [1.807, 2.05) is 13.8 Å². The van der Waals surface area contributed by atoms with Gasteiger partial charge < -0.3 is 15.7 Å². The molecule has 0 aliphatic heterocycles. The van der Waals surface area contributed by atoms with E-state index >= 15 is 0 Å². The molecule has 0 spiro atoms. The highest BCUT2D eigenvalue weighted by atomic mass is 16.4. The van der Waals surface area contributed by atoms with Crippen LogP contribution in [-0.2, 0) is 4.79 Å². The van der Waals surface area contributed by atoms with Crippen LogP contribution in [0, 0.1) is 0 Å². The van der Waals surface area contributed by atoms with Gasteiger partial charge in [0.2, 0.25) is 5.91 Å². The van der Waals surface area contributed by atoms with Crippen molar-refractivity contribution in [1.29, 1.82) is 0 Å². The second kappa shape index (κ2) is 6.76. The van der Waals surface area contributed by atoms with E-state index < -0.39 is 5.97 Å². The molecule has 0 bridgehead atoms. The molecule has 0 aliphatic carbocycles. The van der Waals surface area contributed by atoms with Crippen molar-refractivity contribution in [3.05, 3.63) is 29.8 Å². The van der Waals surface area contributed by atoms with Crippen molar-refractivity contribution < 1.29 is 14.7 Å². The third-order valence-electron chi connectivity index (χ3n) is 2.62. The normalized spacial score (nSPS) is 11.9. The number of hydrogen-bond acceptors (Lipinski definition) is 3. The molecular formula is C13H18N2O3. The summed E-state index contributed by atoms with van der Waals surface area (Å²) in [5.74, 6) is -1.19. The van der Waals surface area contributed by atoms with Gasteiger partial charge in [-0.15, -0.1) is 0 Å². The monoisotopic (exact) mass is 250 g/mol. The zero-order chi connectivity index (χ0) is 13.5. The first kappa shape index (κ1) is 14.2. The van der Waals surface area contributed by atoms with Gasteiger partial charge in [0, 0.05) is 11.7 Å². The zero-order valence-corrected chi connectivity index (χ0v) is 10.6. The number of hydrogen-bond donors (Lipinski definition) is 3. The molecule has 1 amide bonds. The highest BCUT2D eigenvalue weighted by molar-refractivity contribution is 5.94. The van der Waals surface area contributed by atoms with Crippen LogP contribution in [-0.4, -0.2) is 29.6 Å². The maximum absolute atomic E-state index is 11.6. The van der Waals surface area contributed by atoms with Crippen molar-refractivity contribution in [1.82, 2.24) is 5.32 Å². The van der Waals surface area contributed by atoms with Crippen LogP contribution in [0.4, 0.5) is 5.69 Å². The quantitative estimate of drug-likeness (QED) is 0.718. The number of carboxylic acids is 1. The number of benzene rings is 1. The Labute approximate surface area is 106 Å². The Hall–Kier alpha value is -1.88. The van der Waals surface area contributed by atoms with Gasteiger partial charge in [0.1, 0.15) is 0 Å². The minimum Gasteiger partial charge on any atom is -0.478 e. The minimum atomic E-state index is -1.01. The SMILES string of the molecule is CCC(C)NCC(=O)Nc1cccc(C(=O)O)c1. The van der Waals surface area contributed by atoms with Gasteiger partial charge in [0.25, 0.3) is 0 Å². The van der Waals surface area contributed by atoms with Crippen LogP contribution >= 0.6 is 0 Å². The molecule has 1 rings (SSSR count). The van der Waals surface area contributed by atoms with Crippen LogP contribution in [0.15, 0.2) is 24.3 Å². The second-order valence-electron chi connectivity index (χ2n) is 4.12. The number of carbonyl (C=O) groups excluding carboxylic acids is 1. The van der Waals surface area contributed by atoms with Gasteiger partial charge in [-0.2, -0.15) is 0 Å². The van der Waals surface area contributed by atoms with Crippen LogP contribution in [0.2, 0.25) is 0 Å². The van der Waals surface area contributed by atoms with Crippen LogP contribution in [0.5, 0.6) is 0 Å². The average molecular weight is 250 g/mol. The van der Waals surface area contributed by atoms with Crippen molar-refractivity contribution in [3.63, 3.8) is 0 Å². The maximum Gasteiger partial charge on any atom is 0.335 e. The van der Waals surface area contributed by atoms with Gasteiger partial charge in [0.15, 0.2) is 0 Å². The molecule has 1 atom stereocenters. The first-order valence-electron chi connectivity index (χ1n) is 5.89. The van der Waals surface area contributed by atoms with Gasteiger partial charge in [-0.05, 0) is 31.5 Å². The molecule has 5 nitrogen and oxygen atoms in total. The summed E-state index contributed by atoms with van der Waals surface area (Å²) >= 11 is 0. The Kier molecular flexibility index (Phi) is 5.32. The van der Waals surface area contributed by atoms with Crippen LogP contribution in [0.25, 0.3) is 0 Å². The topological polar surface area (TPSA) is 78.4 Å². The molecule has 1 aromatic carbocycles. The number of aromatic carboxylic acids is 1. The molecule has 3 N–H and O–H groups in total. The molecule has 0 saturated carbocycles. The lowest BCUT2D eigenvalue weighted by atomic mass is 10.2. The summed E-state index contributed by atoms with van der Waals surface area (Å²) < 4.78 is 0. The molecule has 5 heteroatoms. The molecule has 98 valence electrons. The first-order valence-corrected chi connectivity index (χ1v) is 5.89. The van der Waals surface area contributed by atoms with Crippen molar-refractivity contribution in [2.75, 3.05) is 11.9 Å². The number of rotatable bonds is 6. The van der Waals surface area contributed by atoms with E-state index in [2.05, 4.69) is 10.6 Å². The molecule has 0 radical (unpaired) electrons. The predicted molar refractivity (Wildman–Crippen MR) is 69.8 cm³/mol. The fourth-order valence-corrected chi connectivity index (χ4v) is 1.35. The third-order valence-corrected chi connectivity index (χ3v) is 2.62. The van der Waals surface area contributed by atoms with E-state index in [-0.39, 0.29) is 24.1 Å². The Morgan fingerprint density at radius 3 is 2.72 bits per heavy atom. The molecule has 0 heterocycles. The largest absolute Gasteiger partial charge is 0.478 e. The Bertz CT molecular complexity index is 432. The van der Waals surface area contributed by atoms with E-state index in [1.54, 1.807) is 12.1 Å². The van der Waals surface area contributed by atoms with Gasteiger partial charge in [0.05, 0.1) is 12.1 Å². The molecule has 1 aromatic rings. The smallest absolute Gasteiger partial charge is 0.335 e. The molecule has 0 aromatic heterocycles.